The average molecular weight is 256 g/mol. The van der Waals surface area contributed by atoms with Crippen LogP contribution in [0.15, 0.2) is 0 Å². The Kier molecular flexibility index (Phi) is 5.02. The van der Waals surface area contributed by atoms with Gasteiger partial charge in [0.25, 0.3) is 0 Å². The molecule has 4 heteroatoms. The number of hydrogen-bond acceptors (Lipinski definition) is 3. The van der Waals surface area contributed by atoms with Crippen LogP contribution in [-0.2, 0) is 4.74 Å². The second kappa shape index (κ2) is 5.91. The van der Waals surface area contributed by atoms with Gasteiger partial charge in [0.1, 0.15) is 0 Å². The highest BCUT2D eigenvalue weighted by Gasteiger charge is 2.40. The number of amides is 1. The minimum Gasteiger partial charge on any atom is -0.450 e. The van der Waals surface area contributed by atoms with Crippen LogP contribution in [0.5, 0.6) is 0 Å². The SMILES string of the molecule is CC1(C)CCCC(C)(C)N1CCCCOC(N)=O. The van der Waals surface area contributed by atoms with Gasteiger partial charge in [0.05, 0.1) is 6.61 Å². The molecular weight excluding hydrogens is 228 g/mol. The number of nitrogens with two attached hydrogens (primary N) is 1. The Labute approximate surface area is 111 Å². The van der Waals surface area contributed by atoms with Crippen molar-refractivity contribution in [3.63, 3.8) is 0 Å². The number of primary amides is 1. The summed E-state index contributed by atoms with van der Waals surface area (Å²) in [6.45, 7) is 10.8. The van der Waals surface area contributed by atoms with E-state index in [1.807, 2.05) is 0 Å². The van der Waals surface area contributed by atoms with Crippen molar-refractivity contribution in [1.29, 1.82) is 0 Å². The first-order valence-electron chi connectivity index (χ1n) is 6.96. The van der Waals surface area contributed by atoms with Crippen LogP contribution in [-0.4, -0.2) is 35.2 Å². The van der Waals surface area contributed by atoms with E-state index < -0.39 is 6.09 Å². The molecule has 0 aromatic heterocycles. The second-order valence-corrected chi connectivity index (χ2v) is 6.50. The molecule has 106 valence electrons. The first-order chi connectivity index (χ1) is 8.26. The topological polar surface area (TPSA) is 55.6 Å². The Morgan fingerprint density at radius 2 is 1.72 bits per heavy atom. The molecule has 0 saturated carbocycles. The number of carbonyl (C=O) groups is 1. The summed E-state index contributed by atoms with van der Waals surface area (Å²) in [4.78, 5) is 13.1. The Balaban J connectivity index is 2.40. The highest BCUT2D eigenvalue weighted by molar-refractivity contribution is 5.64. The maximum atomic E-state index is 10.5. The fourth-order valence-electron chi connectivity index (χ4n) is 3.19. The van der Waals surface area contributed by atoms with Crippen molar-refractivity contribution in [2.45, 2.75) is 70.9 Å². The van der Waals surface area contributed by atoms with Gasteiger partial charge in [-0.05, 0) is 66.3 Å². The number of hydrogen-bond donors (Lipinski definition) is 1. The van der Waals surface area contributed by atoms with E-state index in [2.05, 4.69) is 32.6 Å². The van der Waals surface area contributed by atoms with E-state index in [0.717, 1.165) is 19.4 Å². The minimum absolute atomic E-state index is 0.270. The zero-order valence-corrected chi connectivity index (χ0v) is 12.3. The number of piperidine rings is 1. The van der Waals surface area contributed by atoms with Gasteiger partial charge in [-0.15, -0.1) is 0 Å². The normalized spacial score (nSPS) is 22.7. The highest BCUT2D eigenvalue weighted by atomic mass is 16.5. The van der Waals surface area contributed by atoms with E-state index in [1.54, 1.807) is 0 Å². The summed E-state index contributed by atoms with van der Waals surface area (Å²) in [6.07, 6.45) is 5.07. The molecule has 0 aromatic carbocycles. The number of nitrogens with zero attached hydrogens (tertiary/aromatic N) is 1. The minimum atomic E-state index is -0.673. The summed E-state index contributed by atoms with van der Waals surface area (Å²) >= 11 is 0. The molecule has 0 aliphatic carbocycles. The molecule has 0 bridgehead atoms. The van der Waals surface area contributed by atoms with Crippen LogP contribution in [0, 0.1) is 0 Å². The molecule has 1 fully saturated rings. The fourth-order valence-corrected chi connectivity index (χ4v) is 3.19. The van der Waals surface area contributed by atoms with E-state index in [0.29, 0.717) is 6.61 Å². The van der Waals surface area contributed by atoms with Crippen LogP contribution in [0.1, 0.15) is 59.8 Å². The molecule has 2 N–H and O–H groups in total. The molecule has 18 heavy (non-hydrogen) atoms. The van der Waals surface area contributed by atoms with Gasteiger partial charge in [-0.2, -0.15) is 0 Å². The standard InChI is InChI=1S/C14H28N2O2/c1-13(2)8-7-9-14(3,4)16(13)10-5-6-11-18-12(15)17/h5-11H2,1-4H3,(H2,15,17). The van der Waals surface area contributed by atoms with Crippen molar-refractivity contribution in [2.24, 2.45) is 5.73 Å². The first kappa shape index (κ1) is 15.3. The Hall–Kier alpha value is -0.770. The third kappa shape index (κ3) is 4.16. The summed E-state index contributed by atoms with van der Waals surface area (Å²) in [7, 11) is 0. The summed E-state index contributed by atoms with van der Waals surface area (Å²) in [5, 5.41) is 0. The number of rotatable bonds is 5. The largest absolute Gasteiger partial charge is 0.450 e. The van der Waals surface area contributed by atoms with Gasteiger partial charge in [0.2, 0.25) is 0 Å². The van der Waals surface area contributed by atoms with Crippen LogP contribution in [0.2, 0.25) is 0 Å². The molecule has 0 radical (unpaired) electrons. The first-order valence-corrected chi connectivity index (χ1v) is 6.96. The Morgan fingerprint density at radius 1 is 1.17 bits per heavy atom. The Bertz CT molecular complexity index is 272. The van der Waals surface area contributed by atoms with E-state index in [4.69, 9.17) is 10.5 Å². The predicted octanol–water partition coefficient (Wildman–Crippen LogP) is 2.91. The van der Waals surface area contributed by atoms with Crippen LogP contribution in [0.25, 0.3) is 0 Å². The lowest BCUT2D eigenvalue weighted by Crippen LogP contribution is -2.58. The lowest BCUT2D eigenvalue weighted by Gasteiger charge is -2.53. The maximum Gasteiger partial charge on any atom is 0.404 e. The van der Waals surface area contributed by atoms with Crippen LogP contribution < -0.4 is 5.73 Å². The second-order valence-electron chi connectivity index (χ2n) is 6.50. The third-order valence-corrected chi connectivity index (χ3v) is 4.06. The molecule has 1 aliphatic heterocycles. The van der Waals surface area contributed by atoms with Crippen LogP contribution >= 0.6 is 0 Å². The molecule has 1 saturated heterocycles. The van der Waals surface area contributed by atoms with Gasteiger partial charge in [0, 0.05) is 11.1 Å². The summed E-state index contributed by atoms with van der Waals surface area (Å²) in [5.41, 5.74) is 5.47. The third-order valence-electron chi connectivity index (χ3n) is 4.06. The summed E-state index contributed by atoms with van der Waals surface area (Å²) in [5.74, 6) is 0. The molecule has 0 atom stereocenters. The smallest absolute Gasteiger partial charge is 0.404 e. The number of likely N-dealkylation sites (tertiary alicyclic amines) is 1. The molecule has 1 rings (SSSR count). The van der Waals surface area contributed by atoms with Gasteiger partial charge in [-0.25, -0.2) is 4.79 Å². The van der Waals surface area contributed by atoms with Gasteiger partial charge < -0.3 is 10.5 Å². The summed E-state index contributed by atoms with van der Waals surface area (Å²) < 4.78 is 4.76. The maximum absolute atomic E-state index is 10.5. The van der Waals surface area contributed by atoms with E-state index >= 15 is 0 Å². The number of unbranched alkanes of at least 4 members (excludes halogenated alkanes) is 1. The number of carbonyl (C=O) groups excluding carboxylic acids is 1. The van der Waals surface area contributed by atoms with Gasteiger partial charge in [-0.1, -0.05) is 0 Å². The van der Waals surface area contributed by atoms with E-state index in [-0.39, 0.29) is 11.1 Å². The van der Waals surface area contributed by atoms with Crippen molar-refractivity contribution in [3.8, 4) is 0 Å². The summed E-state index contributed by atoms with van der Waals surface area (Å²) in [6, 6.07) is 0. The van der Waals surface area contributed by atoms with Gasteiger partial charge >= 0.3 is 6.09 Å². The average Bonchev–Trinajstić information content (AvgIpc) is 2.19. The zero-order valence-electron chi connectivity index (χ0n) is 12.3. The highest BCUT2D eigenvalue weighted by Crippen LogP contribution is 2.38. The Morgan fingerprint density at radius 3 is 2.22 bits per heavy atom. The van der Waals surface area contributed by atoms with E-state index in [1.165, 1.54) is 19.3 Å². The molecule has 4 nitrogen and oxygen atoms in total. The quantitative estimate of drug-likeness (QED) is 0.769. The van der Waals surface area contributed by atoms with Crippen molar-refractivity contribution >= 4 is 6.09 Å². The fraction of sp³-hybridized carbons (Fsp3) is 0.929. The van der Waals surface area contributed by atoms with Crippen LogP contribution in [0.4, 0.5) is 4.79 Å². The van der Waals surface area contributed by atoms with Crippen molar-refractivity contribution in [1.82, 2.24) is 4.90 Å². The van der Waals surface area contributed by atoms with Crippen LogP contribution in [0.3, 0.4) is 0 Å². The predicted molar refractivity (Wildman–Crippen MR) is 73.5 cm³/mol. The van der Waals surface area contributed by atoms with Gasteiger partial charge in [0.15, 0.2) is 0 Å². The monoisotopic (exact) mass is 256 g/mol. The molecule has 1 aliphatic rings. The molecule has 1 heterocycles. The lowest BCUT2D eigenvalue weighted by molar-refractivity contribution is -0.0282. The molecule has 0 spiro atoms. The zero-order chi connectivity index (χ0) is 13.8. The molecule has 0 unspecified atom stereocenters. The van der Waals surface area contributed by atoms with Gasteiger partial charge in [-0.3, -0.25) is 4.90 Å². The number of ether oxygens (including phenoxy) is 1. The lowest BCUT2D eigenvalue weighted by atomic mass is 9.79. The molecule has 0 aromatic rings. The molecular formula is C14H28N2O2. The molecule has 1 amide bonds. The van der Waals surface area contributed by atoms with Crippen molar-refractivity contribution < 1.29 is 9.53 Å². The van der Waals surface area contributed by atoms with Crippen molar-refractivity contribution in [2.75, 3.05) is 13.2 Å². The van der Waals surface area contributed by atoms with Crippen molar-refractivity contribution in [3.05, 3.63) is 0 Å². The van der Waals surface area contributed by atoms with E-state index in [9.17, 15) is 4.79 Å².